The minimum absolute atomic E-state index is 0.110. The van der Waals surface area contributed by atoms with Crippen LogP contribution in [0.15, 0.2) is 48.0 Å². The number of H-pyrrole nitrogens is 1. The molecule has 0 fully saturated rings. The fourth-order valence-electron chi connectivity index (χ4n) is 2.25. The Bertz CT molecular complexity index is 731. The average molecular weight is 305 g/mol. The first kappa shape index (κ1) is 15.4. The summed E-state index contributed by atoms with van der Waals surface area (Å²) in [4.78, 5) is 3.31. The molecule has 0 aliphatic heterocycles. The van der Waals surface area contributed by atoms with Crippen LogP contribution in [0.5, 0.6) is 5.75 Å². The Kier molecular flexibility index (Phi) is 4.53. The van der Waals surface area contributed by atoms with E-state index in [4.69, 9.17) is 4.74 Å². The molecule has 0 amide bonds. The maximum absolute atomic E-state index is 12.4. The summed E-state index contributed by atoms with van der Waals surface area (Å²) in [5, 5.41) is 0. The molecule has 0 radical (unpaired) electrons. The third kappa shape index (κ3) is 3.03. The van der Waals surface area contributed by atoms with Gasteiger partial charge < -0.3 is 9.72 Å². The van der Waals surface area contributed by atoms with E-state index in [0.717, 1.165) is 23.2 Å². The molecule has 0 spiro atoms. The van der Waals surface area contributed by atoms with Crippen molar-refractivity contribution in [2.75, 3.05) is 12.9 Å². The third-order valence-corrected chi connectivity index (χ3v) is 4.94. The van der Waals surface area contributed by atoms with Gasteiger partial charge in [0.1, 0.15) is 10.6 Å². The topological polar surface area (TPSA) is 59.2 Å². The van der Waals surface area contributed by atoms with Gasteiger partial charge in [-0.3, -0.25) is 0 Å². The highest BCUT2D eigenvalue weighted by Gasteiger charge is 2.23. The van der Waals surface area contributed by atoms with E-state index in [1.807, 2.05) is 25.1 Å². The molecule has 0 aliphatic carbocycles. The van der Waals surface area contributed by atoms with Gasteiger partial charge in [-0.2, -0.15) is 0 Å². The molecule has 0 atom stereocenters. The number of hydrogen-bond acceptors (Lipinski definition) is 3. The van der Waals surface area contributed by atoms with Crippen molar-refractivity contribution in [2.24, 2.45) is 0 Å². The van der Waals surface area contributed by atoms with Crippen LogP contribution in [0, 0.1) is 0 Å². The zero-order chi connectivity index (χ0) is 15.5. The highest BCUT2D eigenvalue weighted by Crippen LogP contribution is 2.37. The maximum Gasteiger partial charge on any atom is 0.185 e. The molecule has 0 aliphatic rings. The molecule has 0 saturated carbocycles. The average Bonchev–Trinajstić information content (AvgIpc) is 2.99. The number of aromatic amines is 1. The molecule has 21 heavy (non-hydrogen) atoms. The molecule has 112 valence electrons. The zero-order valence-corrected chi connectivity index (χ0v) is 13.0. The molecular weight excluding hydrogens is 286 g/mol. The van der Waals surface area contributed by atoms with Gasteiger partial charge in [-0.05, 0) is 36.2 Å². The Hall–Kier alpha value is -2.01. The third-order valence-electron chi connectivity index (χ3n) is 3.29. The number of aryl methyl sites for hydroxylation is 1. The molecule has 2 rings (SSSR count). The molecule has 4 nitrogen and oxygen atoms in total. The number of hydrogen-bond donors (Lipinski definition) is 1. The van der Waals surface area contributed by atoms with Crippen LogP contribution in [-0.4, -0.2) is 26.3 Å². The molecule has 2 aromatic rings. The van der Waals surface area contributed by atoms with E-state index in [1.165, 1.54) is 13.2 Å². The number of aromatic nitrogens is 1. The largest absolute Gasteiger partial charge is 0.495 e. The van der Waals surface area contributed by atoms with Crippen molar-refractivity contribution < 1.29 is 13.2 Å². The van der Waals surface area contributed by atoms with Crippen LogP contribution in [0.1, 0.15) is 12.5 Å². The number of ether oxygens (including phenoxy) is 1. The van der Waals surface area contributed by atoms with Gasteiger partial charge in [0.05, 0.1) is 12.9 Å². The molecule has 0 bridgehead atoms. The van der Waals surface area contributed by atoms with Crippen molar-refractivity contribution in [1.29, 1.82) is 0 Å². The van der Waals surface area contributed by atoms with Gasteiger partial charge in [0.2, 0.25) is 0 Å². The van der Waals surface area contributed by atoms with Crippen LogP contribution >= 0.6 is 0 Å². The predicted octanol–water partition coefficient (Wildman–Crippen LogP) is 3.21. The van der Waals surface area contributed by atoms with Gasteiger partial charge in [-0.1, -0.05) is 13.0 Å². The number of rotatable bonds is 6. The maximum atomic E-state index is 12.4. The second kappa shape index (κ2) is 6.18. The van der Waals surface area contributed by atoms with Crippen LogP contribution in [-0.2, 0) is 16.3 Å². The lowest BCUT2D eigenvalue weighted by atomic mass is 10.1. The summed E-state index contributed by atoms with van der Waals surface area (Å²) in [6.45, 7) is 5.51. The van der Waals surface area contributed by atoms with Crippen molar-refractivity contribution in [1.82, 2.24) is 4.98 Å². The van der Waals surface area contributed by atoms with Crippen LogP contribution in [0.3, 0.4) is 0 Å². The normalized spacial score (nSPS) is 11.3. The minimum atomic E-state index is -3.46. The Morgan fingerprint density at radius 1 is 1.38 bits per heavy atom. The van der Waals surface area contributed by atoms with Crippen molar-refractivity contribution in [3.05, 3.63) is 48.7 Å². The lowest BCUT2D eigenvalue weighted by Crippen LogP contribution is -2.08. The summed E-state index contributed by atoms with van der Waals surface area (Å²) in [6, 6.07) is 7.40. The minimum Gasteiger partial charge on any atom is -0.495 e. The van der Waals surface area contributed by atoms with Crippen LogP contribution in [0.2, 0.25) is 0 Å². The SMILES string of the molecule is C=CCS(=O)(=O)c1cc(CC)cc(-c2ccc[nH]2)c1OC. The first-order chi connectivity index (χ1) is 10.0. The van der Waals surface area contributed by atoms with E-state index in [-0.39, 0.29) is 10.6 Å². The van der Waals surface area contributed by atoms with Crippen LogP contribution < -0.4 is 4.74 Å². The van der Waals surface area contributed by atoms with Crippen LogP contribution in [0.4, 0.5) is 0 Å². The van der Waals surface area contributed by atoms with E-state index >= 15 is 0 Å². The second-order valence-electron chi connectivity index (χ2n) is 4.68. The van der Waals surface area contributed by atoms with Gasteiger partial charge in [-0.15, -0.1) is 6.58 Å². The highest BCUT2D eigenvalue weighted by molar-refractivity contribution is 7.91. The van der Waals surface area contributed by atoms with E-state index in [9.17, 15) is 8.42 Å². The first-order valence-corrected chi connectivity index (χ1v) is 8.37. The highest BCUT2D eigenvalue weighted by atomic mass is 32.2. The standard InChI is InChI=1S/C16H19NO3S/c1-4-9-21(18,19)15-11-12(5-2)10-13(16(15)20-3)14-7-6-8-17-14/h4,6-8,10-11,17H,1,5,9H2,2-3H3. The monoisotopic (exact) mass is 305 g/mol. The van der Waals surface area contributed by atoms with Crippen LogP contribution in [0.25, 0.3) is 11.3 Å². The van der Waals surface area contributed by atoms with Gasteiger partial charge in [0, 0.05) is 17.5 Å². The number of methoxy groups -OCH3 is 1. The van der Waals surface area contributed by atoms with E-state index in [0.29, 0.717) is 5.75 Å². The molecule has 0 unspecified atom stereocenters. The quantitative estimate of drug-likeness (QED) is 0.834. The zero-order valence-electron chi connectivity index (χ0n) is 12.2. The predicted molar refractivity (Wildman–Crippen MR) is 84.4 cm³/mol. The summed E-state index contributed by atoms with van der Waals surface area (Å²) in [7, 11) is -1.97. The summed E-state index contributed by atoms with van der Waals surface area (Å²) in [5.74, 6) is 0.261. The molecule has 1 aromatic heterocycles. The lowest BCUT2D eigenvalue weighted by Gasteiger charge is -2.15. The summed E-state index contributed by atoms with van der Waals surface area (Å²) < 4.78 is 30.3. The number of benzene rings is 1. The van der Waals surface area contributed by atoms with E-state index in [1.54, 1.807) is 12.3 Å². The fourth-order valence-corrected chi connectivity index (χ4v) is 3.54. The Morgan fingerprint density at radius 3 is 2.67 bits per heavy atom. The van der Waals surface area contributed by atoms with Gasteiger partial charge in [0.25, 0.3) is 0 Å². The van der Waals surface area contributed by atoms with E-state index < -0.39 is 9.84 Å². The number of sulfone groups is 1. The molecule has 0 saturated heterocycles. The smallest absolute Gasteiger partial charge is 0.185 e. The summed E-state index contributed by atoms with van der Waals surface area (Å²) in [5.41, 5.74) is 2.53. The van der Waals surface area contributed by atoms with E-state index in [2.05, 4.69) is 11.6 Å². The molecular formula is C16H19NO3S. The fraction of sp³-hybridized carbons (Fsp3) is 0.250. The van der Waals surface area contributed by atoms with Crippen molar-refractivity contribution in [2.45, 2.75) is 18.2 Å². The Labute approximate surface area is 125 Å². The molecule has 5 heteroatoms. The van der Waals surface area contributed by atoms with Gasteiger partial charge in [-0.25, -0.2) is 8.42 Å². The Balaban J connectivity index is 2.76. The van der Waals surface area contributed by atoms with Crippen molar-refractivity contribution in [3.8, 4) is 17.0 Å². The van der Waals surface area contributed by atoms with Crippen molar-refractivity contribution in [3.63, 3.8) is 0 Å². The molecule has 1 N–H and O–H groups in total. The number of nitrogens with one attached hydrogen (secondary N) is 1. The first-order valence-electron chi connectivity index (χ1n) is 6.71. The second-order valence-corrected chi connectivity index (χ2v) is 6.68. The summed E-state index contributed by atoms with van der Waals surface area (Å²) in [6.07, 6.45) is 3.93. The molecule has 1 aromatic carbocycles. The Morgan fingerprint density at radius 2 is 2.14 bits per heavy atom. The summed E-state index contributed by atoms with van der Waals surface area (Å²) >= 11 is 0. The molecule has 1 heterocycles. The lowest BCUT2D eigenvalue weighted by molar-refractivity contribution is 0.404. The van der Waals surface area contributed by atoms with Gasteiger partial charge >= 0.3 is 0 Å². The van der Waals surface area contributed by atoms with Crippen molar-refractivity contribution >= 4 is 9.84 Å². The van der Waals surface area contributed by atoms with Gasteiger partial charge in [0.15, 0.2) is 9.84 Å².